The molecule has 0 spiro atoms. The lowest BCUT2D eigenvalue weighted by molar-refractivity contribution is 0.0949. The maximum Gasteiger partial charge on any atom is 0.271 e. The number of carbonyl (C=O) groups excluding carboxylic acids is 2. The first-order chi connectivity index (χ1) is 13.4. The molecule has 142 valence electrons. The summed E-state index contributed by atoms with van der Waals surface area (Å²) in [7, 11) is 0. The van der Waals surface area contributed by atoms with Crippen molar-refractivity contribution in [3.63, 3.8) is 0 Å². The fourth-order valence-electron chi connectivity index (χ4n) is 2.66. The molecule has 0 bridgehead atoms. The predicted molar refractivity (Wildman–Crippen MR) is 107 cm³/mol. The molecule has 1 aromatic heterocycles. The molecule has 3 rings (SSSR count). The molecule has 8 heteroatoms. The van der Waals surface area contributed by atoms with Gasteiger partial charge in [0.2, 0.25) is 0 Å². The van der Waals surface area contributed by atoms with Gasteiger partial charge in [-0.05, 0) is 35.4 Å². The average molecular weight is 396 g/mol. The Bertz CT molecular complexity index is 1040. The van der Waals surface area contributed by atoms with Gasteiger partial charge >= 0.3 is 0 Å². The van der Waals surface area contributed by atoms with Crippen molar-refractivity contribution in [2.45, 2.75) is 13.0 Å². The topological polar surface area (TPSA) is 124 Å². The van der Waals surface area contributed by atoms with Crippen molar-refractivity contribution in [2.75, 3.05) is 5.73 Å². The lowest BCUT2D eigenvalue weighted by atomic mass is 10.1. The van der Waals surface area contributed by atoms with E-state index >= 15 is 0 Å². The van der Waals surface area contributed by atoms with E-state index in [4.69, 9.17) is 23.1 Å². The number of nitrogens with zero attached hydrogens (tertiary/aromatic N) is 2. The average Bonchev–Trinajstić information content (AvgIpc) is 2.67. The number of hydrogen-bond donors (Lipinski definition) is 3. The number of amides is 2. The molecular formula is C20H18ClN5O2. The number of hydrogen-bond acceptors (Lipinski definition) is 5. The Morgan fingerprint density at radius 2 is 1.82 bits per heavy atom. The molecule has 2 aromatic carbocycles. The maximum atomic E-state index is 12.4. The minimum absolute atomic E-state index is 0.00889. The van der Waals surface area contributed by atoms with Crippen LogP contribution in [0.2, 0.25) is 5.02 Å². The molecule has 0 aliphatic heterocycles. The van der Waals surface area contributed by atoms with E-state index in [2.05, 4.69) is 15.3 Å². The van der Waals surface area contributed by atoms with Gasteiger partial charge in [-0.25, -0.2) is 9.97 Å². The Morgan fingerprint density at radius 3 is 2.57 bits per heavy atom. The Morgan fingerprint density at radius 1 is 1.07 bits per heavy atom. The van der Waals surface area contributed by atoms with Crippen molar-refractivity contribution in [1.29, 1.82) is 0 Å². The number of rotatable bonds is 6. The summed E-state index contributed by atoms with van der Waals surface area (Å²) in [6.07, 6.45) is 1.86. The van der Waals surface area contributed by atoms with E-state index in [-0.39, 0.29) is 17.4 Å². The summed E-state index contributed by atoms with van der Waals surface area (Å²) in [5.41, 5.74) is 13.6. The minimum Gasteiger partial charge on any atom is -0.382 e. The Kier molecular flexibility index (Phi) is 5.86. The van der Waals surface area contributed by atoms with E-state index < -0.39 is 5.91 Å². The number of nitrogens with two attached hydrogens (primary N) is 2. The van der Waals surface area contributed by atoms with E-state index in [1.807, 2.05) is 18.2 Å². The number of anilines is 1. The second-order valence-electron chi connectivity index (χ2n) is 6.15. The first kappa shape index (κ1) is 19.3. The summed E-state index contributed by atoms with van der Waals surface area (Å²) in [6.45, 7) is 0.370. The van der Waals surface area contributed by atoms with E-state index in [9.17, 15) is 9.59 Å². The van der Waals surface area contributed by atoms with Crippen molar-refractivity contribution in [2.24, 2.45) is 5.73 Å². The number of carbonyl (C=O) groups is 2. The zero-order chi connectivity index (χ0) is 20.1. The third-order valence-electron chi connectivity index (χ3n) is 4.00. The third-order valence-corrected chi connectivity index (χ3v) is 4.24. The van der Waals surface area contributed by atoms with Gasteiger partial charge in [0, 0.05) is 23.6 Å². The Hall–Kier alpha value is -3.45. The summed E-state index contributed by atoms with van der Waals surface area (Å²) in [5, 5.41) is 3.48. The Labute approximate surface area is 166 Å². The molecule has 0 unspecified atom stereocenters. The fourth-order valence-corrected chi connectivity index (χ4v) is 2.88. The van der Waals surface area contributed by atoms with Crippen molar-refractivity contribution in [3.05, 3.63) is 87.8 Å². The number of nitrogens with one attached hydrogen (secondary N) is 1. The second kappa shape index (κ2) is 8.49. The SMILES string of the molecule is NC(=O)c1nc(Cc2cccc(C(=O)NCc3cccc(Cl)c3)c2)cnc1N. The summed E-state index contributed by atoms with van der Waals surface area (Å²) in [5.74, 6) is -0.950. The molecule has 2 amide bonds. The number of primary amides is 1. The zero-order valence-electron chi connectivity index (χ0n) is 14.9. The molecule has 1 heterocycles. The van der Waals surface area contributed by atoms with Gasteiger partial charge in [0.25, 0.3) is 11.8 Å². The van der Waals surface area contributed by atoms with E-state index in [1.165, 1.54) is 6.20 Å². The normalized spacial score (nSPS) is 10.5. The molecule has 5 N–H and O–H groups in total. The zero-order valence-corrected chi connectivity index (χ0v) is 15.6. The lowest BCUT2D eigenvalue weighted by Gasteiger charge is -2.08. The molecule has 3 aromatic rings. The van der Waals surface area contributed by atoms with Gasteiger partial charge in [-0.2, -0.15) is 0 Å². The first-order valence-corrected chi connectivity index (χ1v) is 8.83. The van der Waals surface area contributed by atoms with Gasteiger partial charge in [0.1, 0.15) is 0 Å². The highest BCUT2D eigenvalue weighted by atomic mass is 35.5. The van der Waals surface area contributed by atoms with Crippen molar-refractivity contribution in [3.8, 4) is 0 Å². The van der Waals surface area contributed by atoms with E-state index in [0.717, 1.165) is 11.1 Å². The highest BCUT2D eigenvalue weighted by Gasteiger charge is 2.12. The summed E-state index contributed by atoms with van der Waals surface area (Å²) >= 11 is 5.95. The lowest BCUT2D eigenvalue weighted by Crippen LogP contribution is -2.22. The predicted octanol–water partition coefficient (Wildman–Crippen LogP) is 2.33. The van der Waals surface area contributed by atoms with Crippen LogP contribution in [-0.4, -0.2) is 21.8 Å². The van der Waals surface area contributed by atoms with Gasteiger partial charge in [-0.1, -0.05) is 35.9 Å². The van der Waals surface area contributed by atoms with Crippen molar-refractivity contribution in [1.82, 2.24) is 15.3 Å². The molecule has 0 fully saturated rings. The van der Waals surface area contributed by atoms with Crippen LogP contribution in [0.4, 0.5) is 5.82 Å². The minimum atomic E-state index is -0.735. The van der Waals surface area contributed by atoms with E-state index in [0.29, 0.717) is 29.2 Å². The highest BCUT2D eigenvalue weighted by molar-refractivity contribution is 6.30. The van der Waals surface area contributed by atoms with Crippen LogP contribution in [0.25, 0.3) is 0 Å². The van der Waals surface area contributed by atoms with Gasteiger partial charge < -0.3 is 16.8 Å². The quantitative estimate of drug-likeness (QED) is 0.590. The molecule has 0 saturated carbocycles. The van der Waals surface area contributed by atoms with Crippen LogP contribution in [0.5, 0.6) is 0 Å². The van der Waals surface area contributed by atoms with Crippen molar-refractivity contribution < 1.29 is 9.59 Å². The first-order valence-electron chi connectivity index (χ1n) is 8.45. The smallest absolute Gasteiger partial charge is 0.271 e. The molecule has 0 radical (unpaired) electrons. The highest BCUT2D eigenvalue weighted by Crippen LogP contribution is 2.13. The molecule has 0 aliphatic carbocycles. The van der Waals surface area contributed by atoms with Crippen LogP contribution in [0.1, 0.15) is 37.7 Å². The number of nitrogen functional groups attached to an aromatic ring is 1. The summed E-state index contributed by atoms with van der Waals surface area (Å²) in [4.78, 5) is 31.9. The van der Waals surface area contributed by atoms with Crippen LogP contribution in [-0.2, 0) is 13.0 Å². The van der Waals surface area contributed by atoms with Crippen LogP contribution in [0.3, 0.4) is 0 Å². The molecule has 7 nitrogen and oxygen atoms in total. The van der Waals surface area contributed by atoms with Crippen LogP contribution in [0, 0.1) is 0 Å². The van der Waals surface area contributed by atoms with Crippen molar-refractivity contribution >= 4 is 29.2 Å². The van der Waals surface area contributed by atoms with Gasteiger partial charge in [0.15, 0.2) is 11.5 Å². The monoisotopic (exact) mass is 395 g/mol. The second-order valence-corrected chi connectivity index (χ2v) is 6.59. The standard InChI is InChI=1S/C20H18ClN5O2/c21-15-6-2-4-13(8-15)10-25-20(28)14-5-1-3-12(7-14)9-16-11-24-18(22)17(26-16)19(23)27/h1-8,11H,9-10H2,(H2,22,24)(H2,23,27)(H,25,28). The van der Waals surface area contributed by atoms with Crippen LogP contribution in [0.15, 0.2) is 54.7 Å². The largest absolute Gasteiger partial charge is 0.382 e. The molecule has 0 aliphatic rings. The summed E-state index contributed by atoms with van der Waals surface area (Å²) < 4.78 is 0. The van der Waals surface area contributed by atoms with Gasteiger partial charge in [-0.15, -0.1) is 0 Å². The van der Waals surface area contributed by atoms with Gasteiger partial charge in [0.05, 0.1) is 11.9 Å². The van der Waals surface area contributed by atoms with Gasteiger partial charge in [-0.3, -0.25) is 9.59 Å². The number of aromatic nitrogens is 2. The molecule has 0 saturated heterocycles. The van der Waals surface area contributed by atoms with E-state index in [1.54, 1.807) is 30.3 Å². The summed E-state index contributed by atoms with van der Waals surface area (Å²) in [6, 6.07) is 14.4. The Balaban J connectivity index is 1.70. The van der Waals surface area contributed by atoms with Crippen LogP contribution >= 0.6 is 11.6 Å². The molecule has 28 heavy (non-hydrogen) atoms. The maximum absolute atomic E-state index is 12.4. The fraction of sp³-hybridized carbons (Fsp3) is 0.100. The number of halogens is 1. The third kappa shape index (κ3) is 4.83. The van der Waals surface area contributed by atoms with Crippen LogP contribution < -0.4 is 16.8 Å². The number of benzene rings is 2. The molecular weight excluding hydrogens is 378 g/mol. The molecule has 0 atom stereocenters.